The van der Waals surface area contributed by atoms with E-state index in [0.717, 1.165) is 22.7 Å². The molecule has 0 aliphatic carbocycles. The number of aromatic nitrogens is 2. The summed E-state index contributed by atoms with van der Waals surface area (Å²) in [6.45, 7) is 2.20. The van der Waals surface area contributed by atoms with Crippen molar-refractivity contribution in [1.82, 2.24) is 14.9 Å². The number of rotatable bonds is 6. The zero-order valence-electron chi connectivity index (χ0n) is 10.5. The molecule has 1 aromatic heterocycles. The van der Waals surface area contributed by atoms with Gasteiger partial charge >= 0.3 is 0 Å². The van der Waals surface area contributed by atoms with Gasteiger partial charge < -0.3 is 5.11 Å². The maximum absolute atomic E-state index is 9.14. The monoisotopic (exact) mass is 277 g/mol. The molecule has 0 unspecified atom stereocenters. The van der Waals surface area contributed by atoms with Gasteiger partial charge in [-0.25, -0.2) is 9.97 Å². The van der Waals surface area contributed by atoms with Crippen LogP contribution in [0.15, 0.2) is 43.0 Å². The van der Waals surface area contributed by atoms with Gasteiger partial charge in [-0.05, 0) is 17.7 Å². The van der Waals surface area contributed by atoms with Crippen LogP contribution in [-0.2, 0) is 13.1 Å². The molecule has 0 atom stereocenters. The summed E-state index contributed by atoms with van der Waals surface area (Å²) in [7, 11) is 0. The van der Waals surface area contributed by atoms with Crippen LogP contribution < -0.4 is 0 Å². The van der Waals surface area contributed by atoms with Gasteiger partial charge in [0.1, 0.15) is 6.33 Å². The Kier molecular flexibility index (Phi) is 5.27. The van der Waals surface area contributed by atoms with E-state index in [2.05, 4.69) is 14.9 Å². The molecule has 19 heavy (non-hydrogen) atoms. The Bertz CT molecular complexity index is 490. The van der Waals surface area contributed by atoms with E-state index in [1.807, 2.05) is 24.3 Å². The van der Waals surface area contributed by atoms with Crippen LogP contribution in [0.25, 0.3) is 0 Å². The van der Waals surface area contributed by atoms with Crippen LogP contribution in [0.3, 0.4) is 0 Å². The molecule has 0 fully saturated rings. The third-order valence-electron chi connectivity index (χ3n) is 2.76. The molecule has 1 aromatic carbocycles. The molecule has 0 radical (unpaired) electrons. The highest BCUT2D eigenvalue weighted by molar-refractivity contribution is 6.30. The minimum absolute atomic E-state index is 0.126. The number of benzene rings is 1. The molecule has 0 aliphatic rings. The van der Waals surface area contributed by atoms with E-state index in [1.165, 1.54) is 6.33 Å². The topological polar surface area (TPSA) is 49.2 Å². The molecule has 1 heterocycles. The van der Waals surface area contributed by atoms with E-state index in [0.29, 0.717) is 13.1 Å². The first-order chi connectivity index (χ1) is 9.28. The van der Waals surface area contributed by atoms with Crippen molar-refractivity contribution in [2.75, 3.05) is 13.2 Å². The number of halogens is 1. The minimum Gasteiger partial charge on any atom is -0.395 e. The van der Waals surface area contributed by atoms with Gasteiger partial charge in [0, 0.05) is 42.6 Å². The lowest BCUT2D eigenvalue weighted by atomic mass is 10.2. The smallest absolute Gasteiger partial charge is 0.115 e. The molecule has 0 saturated heterocycles. The number of aliphatic hydroxyl groups excluding tert-OH is 1. The summed E-state index contributed by atoms with van der Waals surface area (Å²) in [4.78, 5) is 10.1. The number of aliphatic hydroxyl groups is 1. The fraction of sp³-hybridized carbons (Fsp3) is 0.286. The number of hydrogen-bond acceptors (Lipinski definition) is 4. The molecule has 2 aromatic rings. The summed E-state index contributed by atoms with van der Waals surface area (Å²) in [6.07, 6.45) is 5.09. The van der Waals surface area contributed by atoms with Crippen molar-refractivity contribution in [1.29, 1.82) is 0 Å². The Morgan fingerprint density at radius 3 is 2.26 bits per heavy atom. The van der Waals surface area contributed by atoms with Crippen molar-refractivity contribution in [2.45, 2.75) is 13.1 Å². The lowest BCUT2D eigenvalue weighted by Crippen LogP contribution is -2.26. The second-order valence-electron chi connectivity index (χ2n) is 4.31. The maximum Gasteiger partial charge on any atom is 0.115 e. The second-order valence-corrected chi connectivity index (χ2v) is 4.74. The van der Waals surface area contributed by atoms with Gasteiger partial charge in [0.2, 0.25) is 0 Å². The van der Waals surface area contributed by atoms with E-state index in [4.69, 9.17) is 16.7 Å². The van der Waals surface area contributed by atoms with Crippen LogP contribution in [0.4, 0.5) is 0 Å². The summed E-state index contributed by atoms with van der Waals surface area (Å²) >= 11 is 5.87. The molecule has 4 nitrogen and oxygen atoms in total. The molecule has 5 heteroatoms. The highest BCUT2D eigenvalue weighted by atomic mass is 35.5. The fourth-order valence-corrected chi connectivity index (χ4v) is 2.00. The van der Waals surface area contributed by atoms with Gasteiger partial charge in [0.05, 0.1) is 6.61 Å². The first kappa shape index (κ1) is 13.9. The van der Waals surface area contributed by atoms with Crippen molar-refractivity contribution in [3.05, 3.63) is 59.1 Å². The van der Waals surface area contributed by atoms with Gasteiger partial charge in [-0.1, -0.05) is 23.7 Å². The van der Waals surface area contributed by atoms with Crippen LogP contribution in [0.2, 0.25) is 5.02 Å². The number of nitrogens with zero attached hydrogens (tertiary/aromatic N) is 3. The van der Waals surface area contributed by atoms with Crippen molar-refractivity contribution in [3.63, 3.8) is 0 Å². The van der Waals surface area contributed by atoms with Crippen molar-refractivity contribution < 1.29 is 5.11 Å². The Balaban J connectivity index is 2.01. The average molecular weight is 278 g/mol. The Labute approximate surface area is 117 Å². The van der Waals surface area contributed by atoms with Gasteiger partial charge in [0.15, 0.2) is 0 Å². The van der Waals surface area contributed by atoms with Crippen LogP contribution in [-0.4, -0.2) is 33.1 Å². The summed E-state index contributed by atoms with van der Waals surface area (Å²) in [5, 5.41) is 9.87. The Hall–Kier alpha value is -1.49. The molecule has 1 N–H and O–H groups in total. The van der Waals surface area contributed by atoms with E-state index in [-0.39, 0.29) is 6.61 Å². The first-order valence-corrected chi connectivity index (χ1v) is 6.47. The highest BCUT2D eigenvalue weighted by Crippen LogP contribution is 2.12. The zero-order valence-corrected chi connectivity index (χ0v) is 11.3. The maximum atomic E-state index is 9.14. The zero-order chi connectivity index (χ0) is 13.5. The molecule has 0 saturated carbocycles. The summed E-state index contributed by atoms with van der Waals surface area (Å²) in [5.41, 5.74) is 2.19. The summed E-state index contributed by atoms with van der Waals surface area (Å²) in [6, 6.07) is 7.74. The molecular formula is C14H16ClN3O. The minimum atomic E-state index is 0.126. The third kappa shape index (κ3) is 4.59. The molecular weight excluding hydrogens is 262 g/mol. The Morgan fingerprint density at radius 1 is 1.00 bits per heavy atom. The van der Waals surface area contributed by atoms with Crippen LogP contribution in [0.1, 0.15) is 11.1 Å². The lowest BCUT2D eigenvalue weighted by Gasteiger charge is -2.21. The SMILES string of the molecule is OCCN(Cc1ccc(Cl)cc1)Cc1cncnc1. The quantitative estimate of drug-likeness (QED) is 0.879. The predicted molar refractivity (Wildman–Crippen MR) is 74.7 cm³/mol. The van der Waals surface area contributed by atoms with Gasteiger partial charge in [0.25, 0.3) is 0 Å². The highest BCUT2D eigenvalue weighted by Gasteiger charge is 2.07. The second kappa shape index (κ2) is 7.19. The predicted octanol–water partition coefficient (Wildman–Crippen LogP) is 2.12. The third-order valence-corrected chi connectivity index (χ3v) is 3.01. The van der Waals surface area contributed by atoms with Gasteiger partial charge in [-0.2, -0.15) is 0 Å². The van der Waals surface area contributed by atoms with Crippen molar-refractivity contribution >= 4 is 11.6 Å². The summed E-state index contributed by atoms with van der Waals surface area (Å²) < 4.78 is 0. The first-order valence-electron chi connectivity index (χ1n) is 6.09. The van der Waals surface area contributed by atoms with Crippen molar-refractivity contribution in [2.24, 2.45) is 0 Å². The Morgan fingerprint density at radius 2 is 1.63 bits per heavy atom. The van der Waals surface area contributed by atoms with E-state index < -0.39 is 0 Å². The number of hydrogen-bond donors (Lipinski definition) is 1. The van der Waals surface area contributed by atoms with Crippen molar-refractivity contribution in [3.8, 4) is 0 Å². The van der Waals surface area contributed by atoms with Crippen LogP contribution >= 0.6 is 11.6 Å². The lowest BCUT2D eigenvalue weighted by molar-refractivity contribution is 0.184. The molecule has 0 bridgehead atoms. The van der Waals surface area contributed by atoms with E-state index in [1.54, 1.807) is 12.4 Å². The molecule has 0 amide bonds. The van der Waals surface area contributed by atoms with E-state index >= 15 is 0 Å². The normalized spacial score (nSPS) is 10.9. The largest absolute Gasteiger partial charge is 0.395 e. The van der Waals surface area contributed by atoms with Crippen LogP contribution in [0.5, 0.6) is 0 Å². The standard InChI is InChI=1S/C14H16ClN3O/c15-14-3-1-12(2-4-14)9-18(5-6-19)10-13-7-16-11-17-8-13/h1-4,7-8,11,19H,5-6,9-10H2. The molecule has 100 valence electrons. The van der Waals surface area contributed by atoms with Gasteiger partial charge in [-0.3, -0.25) is 4.90 Å². The molecule has 0 spiro atoms. The molecule has 0 aliphatic heterocycles. The summed E-state index contributed by atoms with van der Waals surface area (Å²) in [5.74, 6) is 0. The fourth-order valence-electron chi connectivity index (χ4n) is 1.87. The molecule has 2 rings (SSSR count). The van der Waals surface area contributed by atoms with Crippen LogP contribution in [0, 0.1) is 0 Å². The van der Waals surface area contributed by atoms with Gasteiger partial charge in [-0.15, -0.1) is 0 Å². The van der Waals surface area contributed by atoms with E-state index in [9.17, 15) is 0 Å². The average Bonchev–Trinajstić information content (AvgIpc) is 2.43.